The molecule has 2 N–H and O–H groups in total. The maximum Gasteiger partial charge on any atom is 0.271 e. The zero-order valence-electron chi connectivity index (χ0n) is 20.4. The third-order valence-electron chi connectivity index (χ3n) is 6.13. The van der Waals surface area contributed by atoms with Crippen LogP contribution in [-0.2, 0) is 7.05 Å². The quantitative estimate of drug-likeness (QED) is 0.311. The molecule has 0 radical (unpaired) electrons. The van der Waals surface area contributed by atoms with Gasteiger partial charge in [-0.25, -0.2) is 9.37 Å². The van der Waals surface area contributed by atoms with Crippen molar-refractivity contribution in [2.24, 2.45) is 12.8 Å². The molecule has 10 heteroatoms. The molecule has 0 aliphatic rings. The molecular weight excluding hydrogens is 499 g/mol. The minimum absolute atomic E-state index is 0.0961. The van der Waals surface area contributed by atoms with Crippen LogP contribution >= 0.6 is 11.6 Å². The first-order chi connectivity index (χ1) is 17.5. The molecule has 3 heterocycles. The smallest absolute Gasteiger partial charge is 0.271 e. The van der Waals surface area contributed by atoms with E-state index in [1.807, 2.05) is 13.0 Å². The maximum atomic E-state index is 14.9. The number of pyridine rings is 1. The Hall–Kier alpha value is -4.24. The predicted octanol–water partition coefficient (Wildman–Crippen LogP) is 5.39. The van der Waals surface area contributed by atoms with Crippen LogP contribution in [-0.4, -0.2) is 20.7 Å². The van der Waals surface area contributed by atoms with E-state index in [1.54, 1.807) is 39.2 Å². The topological polar surface area (TPSA) is 113 Å². The van der Waals surface area contributed by atoms with Crippen LogP contribution in [0.5, 0.6) is 5.75 Å². The van der Waals surface area contributed by atoms with Gasteiger partial charge in [-0.3, -0.25) is 14.3 Å². The molecule has 3 aromatic heterocycles. The fourth-order valence-electron chi connectivity index (χ4n) is 4.44. The van der Waals surface area contributed by atoms with E-state index in [4.69, 9.17) is 26.5 Å². The molecule has 0 saturated heterocycles. The lowest BCUT2D eigenvalue weighted by atomic mass is 9.99. The largest absolute Gasteiger partial charge is 0.483 e. The second-order valence-electron chi connectivity index (χ2n) is 8.92. The third-order valence-corrected chi connectivity index (χ3v) is 6.34. The zero-order chi connectivity index (χ0) is 26.6. The number of rotatable bonds is 5. The standard InChI is InChI=1S/C27H22ClFN4O4/c1-12-7-17(14(3)36-20-5-6-21(28)31-23(20)27(30)35)26-18(8-12)24(34)13(2)25(37-26)15-9-16-11-33(4)32-22(16)19(29)10-15/h5-11,14H,1-4H3,(H2,30,35)/t14-/m1/s1. The molecule has 0 aliphatic carbocycles. The van der Waals surface area contributed by atoms with Gasteiger partial charge in [0.15, 0.2) is 22.7 Å². The highest BCUT2D eigenvalue weighted by Crippen LogP contribution is 2.34. The van der Waals surface area contributed by atoms with Crippen molar-refractivity contribution in [3.8, 4) is 17.1 Å². The molecule has 5 aromatic rings. The third kappa shape index (κ3) is 4.31. The van der Waals surface area contributed by atoms with Gasteiger partial charge >= 0.3 is 0 Å². The van der Waals surface area contributed by atoms with Gasteiger partial charge in [0.25, 0.3) is 5.91 Å². The number of nitrogens with two attached hydrogens (primary N) is 1. The normalized spacial score (nSPS) is 12.3. The van der Waals surface area contributed by atoms with Crippen molar-refractivity contribution in [3.05, 3.63) is 86.2 Å². The van der Waals surface area contributed by atoms with Crippen molar-refractivity contribution in [2.45, 2.75) is 26.9 Å². The number of nitrogens with zero attached hydrogens (tertiary/aromatic N) is 3. The van der Waals surface area contributed by atoms with Gasteiger partial charge in [0.05, 0.1) is 5.39 Å². The van der Waals surface area contributed by atoms with Gasteiger partial charge in [-0.05, 0) is 62.7 Å². The lowest BCUT2D eigenvalue weighted by Crippen LogP contribution is -2.17. The molecular formula is C27H22ClFN4O4. The van der Waals surface area contributed by atoms with E-state index in [-0.39, 0.29) is 38.9 Å². The summed E-state index contributed by atoms with van der Waals surface area (Å²) in [4.78, 5) is 29.3. The van der Waals surface area contributed by atoms with Crippen LogP contribution in [0.3, 0.4) is 0 Å². The Morgan fingerprint density at radius 3 is 2.70 bits per heavy atom. The summed E-state index contributed by atoms with van der Waals surface area (Å²) >= 11 is 5.91. The summed E-state index contributed by atoms with van der Waals surface area (Å²) in [5, 5.41) is 5.17. The monoisotopic (exact) mass is 520 g/mol. The predicted molar refractivity (Wildman–Crippen MR) is 138 cm³/mol. The summed E-state index contributed by atoms with van der Waals surface area (Å²) in [5.74, 6) is -0.940. The van der Waals surface area contributed by atoms with Gasteiger partial charge in [-0.1, -0.05) is 11.6 Å². The molecule has 188 valence electrons. The van der Waals surface area contributed by atoms with Crippen molar-refractivity contribution in [2.75, 3.05) is 0 Å². The van der Waals surface area contributed by atoms with Crippen molar-refractivity contribution in [1.82, 2.24) is 14.8 Å². The molecule has 8 nitrogen and oxygen atoms in total. The summed E-state index contributed by atoms with van der Waals surface area (Å²) in [7, 11) is 1.70. The van der Waals surface area contributed by atoms with Crippen LogP contribution in [0.15, 0.2) is 51.8 Å². The highest BCUT2D eigenvalue weighted by Gasteiger charge is 2.22. The van der Waals surface area contributed by atoms with Gasteiger partial charge < -0.3 is 14.9 Å². The molecule has 0 fully saturated rings. The lowest BCUT2D eigenvalue weighted by Gasteiger charge is -2.19. The molecule has 5 rings (SSSR count). The molecule has 37 heavy (non-hydrogen) atoms. The summed E-state index contributed by atoms with van der Waals surface area (Å²) in [5.41, 5.74) is 7.73. The number of ether oxygens (including phenoxy) is 1. The Kier molecular flexibility index (Phi) is 5.95. The fourth-order valence-corrected chi connectivity index (χ4v) is 4.58. The number of benzene rings is 2. The number of fused-ring (bicyclic) bond motifs is 2. The number of carbonyl (C=O) groups is 1. The van der Waals surface area contributed by atoms with Gasteiger partial charge in [-0.15, -0.1) is 0 Å². The average molecular weight is 521 g/mol. The van der Waals surface area contributed by atoms with E-state index in [9.17, 15) is 14.0 Å². The molecule has 0 saturated carbocycles. The van der Waals surface area contributed by atoms with Gasteiger partial charge in [0.2, 0.25) is 0 Å². The number of hydrogen-bond donors (Lipinski definition) is 1. The molecule has 2 aromatic carbocycles. The summed E-state index contributed by atoms with van der Waals surface area (Å²) in [6.45, 7) is 5.24. The van der Waals surface area contributed by atoms with E-state index in [0.717, 1.165) is 5.56 Å². The molecule has 0 spiro atoms. The van der Waals surface area contributed by atoms with Gasteiger partial charge in [-0.2, -0.15) is 5.10 Å². The second kappa shape index (κ2) is 9.01. The van der Waals surface area contributed by atoms with E-state index in [1.165, 1.54) is 22.9 Å². The lowest BCUT2D eigenvalue weighted by molar-refractivity contribution is 0.0988. The fraction of sp³-hybridized carbons (Fsp3) is 0.185. The number of halogens is 2. The van der Waals surface area contributed by atoms with Crippen LogP contribution in [0.4, 0.5) is 4.39 Å². The Morgan fingerprint density at radius 2 is 1.97 bits per heavy atom. The first-order valence-electron chi connectivity index (χ1n) is 11.4. The average Bonchev–Trinajstić information content (AvgIpc) is 3.23. The van der Waals surface area contributed by atoms with Gasteiger partial charge in [0.1, 0.15) is 28.1 Å². The van der Waals surface area contributed by atoms with E-state index in [0.29, 0.717) is 27.5 Å². The van der Waals surface area contributed by atoms with Crippen LogP contribution in [0, 0.1) is 19.7 Å². The first kappa shape index (κ1) is 24.5. The number of hydrogen-bond acceptors (Lipinski definition) is 6. The molecule has 1 amide bonds. The van der Waals surface area contributed by atoms with Crippen molar-refractivity contribution < 1.29 is 18.3 Å². The van der Waals surface area contributed by atoms with Gasteiger partial charge in [0, 0.05) is 35.3 Å². The van der Waals surface area contributed by atoms with Crippen LogP contribution in [0.25, 0.3) is 33.2 Å². The molecule has 1 atom stereocenters. The first-order valence-corrected chi connectivity index (χ1v) is 11.8. The van der Waals surface area contributed by atoms with Crippen molar-refractivity contribution in [3.63, 3.8) is 0 Å². The van der Waals surface area contributed by atoms with Crippen molar-refractivity contribution >= 4 is 39.4 Å². The number of aromatic nitrogens is 3. The van der Waals surface area contributed by atoms with Crippen LogP contribution < -0.4 is 15.9 Å². The Morgan fingerprint density at radius 1 is 1.22 bits per heavy atom. The highest BCUT2D eigenvalue weighted by molar-refractivity contribution is 6.29. The Balaban J connectivity index is 1.69. The van der Waals surface area contributed by atoms with Crippen LogP contribution in [0.1, 0.15) is 40.2 Å². The van der Waals surface area contributed by atoms with Crippen LogP contribution in [0.2, 0.25) is 5.15 Å². The van der Waals surface area contributed by atoms with E-state index >= 15 is 0 Å². The minimum Gasteiger partial charge on any atom is -0.483 e. The molecule has 0 bridgehead atoms. The minimum atomic E-state index is -0.795. The van der Waals surface area contributed by atoms with E-state index in [2.05, 4.69) is 10.1 Å². The molecule has 0 aliphatic heterocycles. The highest BCUT2D eigenvalue weighted by atomic mass is 35.5. The number of amides is 1. The number of carbonyl (C=O) groups excluding carboxylic acids is 1. The maximum absolute atomic E-state index is 14.9. The SMILES string of the molecule is Cc1cc([C@@H](C)Oc2ccc(Cl)nc2C(N)=O)c2oc(-c3cc(F)c4nn(C)cc4c3)c(C)c(=O)c2c1. The summed E-state index contributed by atoms with van der Waals surface area (Å²) in [6, 6.07) is 9.58. The zero-order valence-corrected chi connectivity index (χ0v) is 21.2. The summed E-state index contributed by atoms with van der Waals surface area (Å²) < 4.78 is 28.7. The van der Waals surface area contributed by atoms with E-state index < -0.39 is 17.8 Å². The molecule has 0 unspecified atom stereocenters. The Bertz CT molecular complexity index is 1790. The second-order valence-corrected chi connectivity index (χ2v) is 9.31. The van der Waals surface area contributed by atoms with Crippen molar-refractivity contribution in [1.29, 1.82) is 0 Å². The summed E-state index contributed by atoms with van der Waals surface area (Å²) in [6.07, 6.45) is 1.01. The number of primary amides is 1. The number of aryl methyl sites for hydroxylation is 2. The Labute approximate surface area is 215 Å².